The summed E-state index contributed by atoms with van der Waals surface area (Å²) in [5.74, 6) is 0. The minimum Gasteiger partial charge on any atom is -0.333 e. The molecule has 0 saturated heterocycles. The molecule has 1 unspecified atom stereocenters. The Morgan fingerprint density at radius 2 is 2.29 bits per heavy atom. The van der Waals surface area contributed by atoms with Crippen molar-refractivity contribution in [2.24, 2.45) is 5.73 Å². The number of aryl methyl sites for hydroxylation is 1. The van der Waals surface area contributed by atoms with E-state index in [4.69, 9.17) is 5.73 Å². The normalized spacial score (nSPS) is 12.9. The topological polar surface area (TPSA) is 74.5 Å². The van der Waals surface area contributed by atoms with Crippen LogP contribution in [0.2, 0.25) is 0 Å². The number of hydrogen-bond donors (Lipinski definition) is 1. The summed E-state index contributed by atoms with van der Waals surface area (Å²) < 4.78 is 3.93. The van der Waals surface area contributed by atoms with Gasteiger partial charge in [-0.2, -0.15) is 0 Å². The lowest BCUT2D eigenvalue weighted by Crippen LogP contribution is -2.07. The molecule has 17 heavy (non-hydrogen) atoms. The van der Waals surface area contributed by atoms with Gasteiger partial charge in [0.15, 0.2) is 0 Å². The van der Waals surface area contributed by atoms with Gasteiger partial charge in [-0.25, -0.2) is 9.67 Å². The summed E-state index contributed by atoms with van der Waals surface area (Å²) in [4.78, 5) is 4.16. The number of hydrogen-bond acceptors (Lipinski definition) is 4. The average molecular weight is 234 g/mol. The van der Waals surface area contributed by atoms with Crippen LogP contribution in [0.25, 0.3) is 0 Å². The summed E-state index contributed by atoms with van der Waals surface area (Å²) in [6.07, 6.45) is 6.69. The van der Waals surface area contributed by atoms with Crippen molar-refractivity contribution in [1.82, 2.24) is 24.5 Å². The monoisotopic (exact) mass is 234 g/mol. The molecule has 0 fully saturated rings. The van der Waals surface area contributed by atoms with Gasteiger partial charge >= 0.3 is 0 Å². The second kappa shape index (κ2) is 5.09. The molecule has 2 heterocycles. The first-order valence-electron chi connectivity index (χ1n) is 5.85. The van der Waals surface area contributed by atoms with Crippen molar-refractivity contribution in [2.75, 3.05) is 0 Å². The van der Waals surface area contributed by atoms with E-state index >= 15 is 0 Å². The Morgan fingerprint density at radius 3 is 2.94 bits per heavy atom. The summed E-state index contributed by atoms with van der Waals surface area (Å²) in [5, 5.41) is 8.09. The maximum absolute atomic E-state index is 5.74. The highest BCUT2D eigenvalue weighted by Gasteiger charge is 2.07. The van der Waals surface area contributed by atoms with Gasteiger partial charge < -0.3 is 10.3 Å². The Hall–Kier alpha value is -1.69. The first kappa shape index (κ1) is 11.8. The van der Waals surface area contributed by atoms with Gasteiger partial charge in [0.25, 0.3) is 0 Å². The van der Waals surface area contributed by atoms with Gasteiger partial charge in [-0.3, -0.25) is 0 Å². The van der Waals surface area contributed by atoms with Gasteiger partial charge in [-0.1, -0.05) is 12.1 Å². The fourth-order valence-corrected chi connectivity index (χ4v) is 1.69. The van der Waals surface area contributed by atoms with E-state index in [0.29, 0.717) is 6.54 Å². The molecular weight excluding hydrogens is 216 g/mol. The van der Waals surface area contributed by atoms with E-state index in [-0.39, 0.29) is 6.04 Å². The molecule has 6 nitrogen and oxygen atoms in total. The fraction of sp³-hybridized carbons (Fsp3) is 0.545. The summed E-state index contributed by atoms with van der Waals surface area (Å²) in [6.45, 7) is 5.70. The molecular formula is C11H18N6. The predicted octanol–water partition coefficient (Wildman–Crippen LogP) is 0.953. The molecule has 0 saturated carbocycles. The molecule has 1 atom stereocenters. The highest BCUT2D eigenvalue weighted by atomic mass is 15.4. The van der Waals surface area contributed by atoms with Gasteiger partial charge in [0.1, 0.15) is 0 Å². The molecule has 2 aromatic heterocycles. The van der Waals surface area contributed by atoms with Crippen LogP contribution in [-0.4, -0.2) is 24.5 Å². The first-order chi connectivity index (χ1) is 8.20. The first-order valence-corrected chi connectivity index (χ1v) is 5.85. The van der Waals surface area contributed by atoms with Crippen LogP contribution in [0, 0.1) is 0 Å². The Balaban J connectivity index is 2.11. The average Bonchev–Trinajstić information content (AvgIpc) is 2.90. The highest BCUT2D eigenvalue weighted by molar-refractivity contribution is 5.02. The molecule has 0 aliphatic rings. The molecule has 2 rings (SSSR count). The summed E-state index contributed by atoms with van der Waals surface area (Å²) in [5.41, 5.74) is 7.69. The Morgan fingerprint density at radius 1 is 1.47 bits per heavy atom. The number of aromatic nitrogens is 5. The molecule has 0 spiro atoms. The lowest BCUT2D eigenvalue weighted by atomic mass is 10.3. The molecule has 92 valence electrons. The molecule has 0 aliphatic carbocycles. The van der Waals surface area contributed by atoms with Gasteiger partial charge in [0.2, 0.25) is 0 Å². The van der Waals surface area contributed by atoms with E-state index in [0.717, 1.165) is 24.4 Å². The van der Waals surface area contributed by atoms with E-state index in [1.807, 2.05) is 25.6 Å². The Bertz CT molecular complexity index is 470. The smallest absolute Gasteiger partial charge is 0.0991 e. The van der Waals surface area contributed by atoms with Crippen LogP contribution < -0.4 is 5.73 Å². The number of nitrogens with two attached hydrogens (primary N) is 1. The van der Waals surface area contributed by atoms with E-state index in [1.54, 1.807) is 4.68 Å². The molecule has 0 bridgehead atoms. The van der Waals surface area contributed by atoms with Crippen LogP contribution in [0.5, 0.6) is 0 Å². The van der Waals surface area contributed by atoms with E-state index in [1.165, 1.54) is 0 Å². The predicted molar refractivity (Wildman–Crippen MR) is 64.2 cm³/mol. The fourth-order valence-electron chi connectivity index (χ4n) is 1.69. The van der Waals surface area contributed by atoms with Crippen LogP contribution >= 0.6 is 0 Å². The van der Waals surface area contributed by atoms with E-state index < -0.39 is 0 Å². The van der Waals surface area contributed by atoms with Crippen LogP contribution in [0.3, 0.4) is 0 Å². The Kier molecular flexibility index (Phi) is 3.53. The molecule has 6 heteroatoms. The lowest BCUT2D eigenvalue weighted by Gasteiger charge is -2.05. The quantitative estimate of drug-likeness (QED) is 0.836. The molecule has 0 aliphatic heterocycles. The van der Waals surface area contributed by atoms with Gasteiger partial charge in [0, 0.05) is 12.6 Å². The lowest BCUT2D eigenvalue weighted by molar-refractivity contribution is 0.583. The van der Waals surface area contributed by atoms with E-state index in [9.17, 15) is 0 Å². The summed E-state index contributed by atoms with van der Waals surface area (Å²) in [6, 6.07) is -0.0793. The zero-order valence-corrected chi connectivity index (χ0v) is 10.2. The Labute approximate surface area is 100 Å². The molecule has 0 radical (unpaired) electrons. The molecule has 0 amide bonds. The van der Waals surface area contributed by atoms with Gasteiger partial charge in [0.05, 0.1) is 36.7 Å². The van der Waals surface area contributed by atoms with Crippen LogP contribution in [0.4, 0.5) is 0 Å². The van der Waals surface area contributed by atoms with Crippen LogP contribution in [-0.2, 0) is 13.1 Å². The summed E-state index contributed by atoms with van der Waals surface area (Å²) in [7, 11) is 0. The van der Waals surface area contributed by atoms with Crippen molar-refractivity contribution in [2.45, 2.75) is 39.4 Å². The third-order valence-corrected chi connectivity index (χ3v) is 2.61. The van der Waals surface area contributed by atoms with Crippen molar-refractivity contribution in [3.05, 3.63) is 30.1 Å². The van der Waals surface area contributed by atoms with Crippen molar-refractivity contribution in [3.63, 3.8) is 0 Å². The molecule has 2 N–H and O–H groups in total. The van der Waals surface area contributed by atoms with Crippen molar-refractivity contribution in [3.8, 4) is 0 Å². The largest absolute Gasteiger partial charge is 0.333 e. The maximum Gasteiger partial charge on any atom is 0.0991 e. The van der Waals surface area contributed by atoms with Crippen molar-refractivity contribution in [1.29, 1.82) is 0 Å². The second-order valence-corrected chi connectivity index (χ2v) is 4.21. The molecule has 0 aromatic carbocycles. The second-order valence-electron chi connectivity index (χ2n) is 4.21. The SMILES string of the molecule is CCCn1cncc1Cn1cc(C(C)N)nn1. The molecule has 2 aromatic rings. The minimum absolute atomic E-state index is 0.0793. The van der Waals surface area contributed by atoms with Crippen molar-refractivity contribution >= 4 is 0 Å². The third-order valence-electron chi connectivity index (χ3n) is 2.61. The third kappa shape index (κ3) is 2.71. The van der Waals surface area contributed by atoms with Gasteiger partial charge in [-0.05, 0) is 13.3 Å². The van der Waals surface area contributed by atoms with E-state index in [2.05, 4.69) is 26.8 Å². The van der Waals surface area contributed by atoms with Crippen molar-refractivity contribution < 1.29 is 0 Å². The number of nitrogens with zero attached hydrogens (tertiary/aromatic N) is 5. The highest BCUT2D eigenvalue weighted by Crippen LogP contribution is 2.07. The zero-order chi connectivity index (χ0) is 12.3. The summed E-state index contributed by atoms with van der Waals surface area (Å²) >= 11 is 0. The standard InChI is InChI=1S/C11H18N6/c1-3-4-16-8-13-5-10(16)6-17-7-11(9(2)12)14-15-17/h5,7-9H,3-4,6,12H2,1-2H3. The maximum atomic E-state index is 5.74. The number of rotatable bonds is 5. The van der Waals surface area contributed by atoms with Gasteiger partial charge in [-0.15, -0.1) is 5.10 Å². The number of imidazole rings is 1. The minimum atomic E-state index is -0.0793. The van der Waals surface area contributed by atoms with Crippen LogP contribution in [0.1, 0.15) is 37.7 Å². The van der Waals surface area contributed by atoms with Crippen LogP contribution in [0.15, 0.2) is 18.7 Å². The zero-order valence-electron chi connectivity index (χ0n) is 10.2.